The molecule has 0 saturated heterocycles. The number of benzene rings is 1. The van der Waals surface area contributed by atoms with Gasteiger partial charge in [-0.25, -0.2) is 4.98 Å². The first kappa shape index (κ1) is 15.8. The number of aromatic nitrogens is 2. The molecule has 0 amide bonds. The molecular weight excluding hydrogens is 326 g/mol. The van der Waals surface area contributed by atoms with Crippen LogP contribution in [-0.2, 0) is 0 Å². The molecule has 1 unspecified atom stereocenters. The fraction of sp³-hybridized carbons (Fsp3) is 0.143. The lowest BCUT2D eigenvalue weighted by atomic mass is 10.0. The van der Waals surface area contributed by atoms with Crippen LogP contribution in [0.2, 0.25) is 0 Å². The molecule has 0 fully saturated rings. The van der Waals surface area contributed by atoms with Crippen LogP contribution in [0, 0.1) is 13.8 Å². The minimum atomic E-state index is 0.0562. The smallest absolute Gasteiger partial charge is 0.126 e. The summed E-state index contributed by atoms with van der Waals surface area (Å²) >= 11 is 1.77. The van der Waals surface area contributed by atoms with Crippen molar-refractivity contribution in [1.29, 1.82) is 0 Å². The highest BCUT2D eigenvalue weighted by atomic mass is 32.1. The van der Waals surface area contributed by atoms with Crippen molar-refractivity contribution < 1.29 is 0 Å². The first-order valence-electron chi connectivity index (χ1n) is 8.28. The van der Waals surface area contributed by atoms with E-state index in [0.29, 0.717) is 0 Å². The van der Waals surface area contributed by atoms with Gasteiger partial charge in [0.15, 0.2) is 0 Å². The Kier molecular flexibility index (Phi) is 4.20. The third kappa shape index (κ3) is 3.26. The number of hydrogen-bond donors (Lipinski definition) is 1. The molecule has 1 aromatic carbocycles. The number of hydrogen-bond acceptors (Lipinski definition) is 4. The van der Waals surface area contributed by atoms with Gasteiger partial charge >= 0.3 is 0 Å². The molecule has 1 atom stereocenters. The lowest BCUT2D eigenvalue weighted by molar-refractivity contribution is 0.941. The topological polar surface area (TPSA) is 37.8 Å². The molecule has 4 heteroatoms. The molecule has 4 rings (SSSR count). The first-order valence-corrected chi connectivity index (χ1v) is 9.16. The molecule has 3 heterocycles. The van der Waals surface area contributed by atoms with E-state index in [-0.39, 0.29) is 6.04 Å². The van der Waals surface area contributed by atoms with Gasteiger partial charge in [0.2, 0.25) is 0 Å². The normalized spacial score (nSPS) is 12.2. The van der Waals surface area contributed by atoms with Gasteiger partial charge in [-0.1, -0.05) is 18.2 Å². The number of aryl methyl sites for hydroxylation is 2. The summed E-state index contributed by atoms with van der Waals surface area (Å²) in [5.74, 6) is 0.888. The number of fused-ring (bicyclic) bond motifs is 1. The Morgan fingerprint density at radius 3 is 2.68 bits per heavy atom. The molecule has 0 aliphatic rings. The van der Waals surface area contributed by atoms with Gasteiger partial charge in [-0.3, -0.25) is 4.98 Å². The number of anilines is 1. The Balaban J connectivity index is 1.80. The second-order valence-electron chi connectivity index (χ2n) is 6.22. The quantitative estimate of drug-likeness (QED) is 0.530. The summed E-state index contributed by atoms with van der Waals surface area (Å²) in [4.78, 5) is 10.3. The zero-order chi connectivity index (χ0) is 17.2. The summed E-state index contributed by atoms with van der Waals surface area (Å²) in [6, 6.07) is 16.9. The van der Waals surface area contributed by atoms with Crippen molar-refractivity contribution >= 4 is 28.1 Å². The molecule has 0 aliphatic heterocycles. The minimum Gasteiger partial charge on any atom is -0.358 e. The van der Waals surface area contributed by atoms with Gasteiger partial charge in [0.1, 0.15) is 5.82 Å². The number of nitrogens with one attached hydrogen (secondary N) is 1. The van der Waals surface area contributed by atoms with Crippen LogP contribution in [0.1, 0.15) is 27.6 Å². The van der Waals surface area contributed by atoms with Crippen LogP contribution in [-0.4, -0.2) is 9.97 Å². The molecule has 0 aliphatic carbocycles. The number of nitrogens with zero attached hydrogens (tertiary/aromatic N) is 2. The summed E-state index contributed by atoms with van der Waals surface area (Å²) < 4.78 is 0. The van der Waals surface area contributed by atoms with Gasteiger partial charge in [0.25, 0.3) is 0 Å². The van der Waals surface area contributed by atoms with Crippen LogP contribution in [0.15, 0.2) is 66.3 Å². The maximum absolute atomic E-state index is 4.51. The van der Waals surface area contributed by atoms with Gasteiger partial charge in [0.05, 0.1) is 11.6 Å². The van der Waals surface area contributed by atoms with Crippen molar-refractivity contribution in [2.24, 2.45) is 0 Å². The third-order valence-corrected chi connectivity index (χ3v) is 5.42. The summed E-state index contributed by atoms with van der Waals surface area (Å²) in [7, 11) is 0. The van der Waals surface area contributed by atoms with E-state index in [1.165, 1.54) is 21.6 Å². The van der Waals surface area contributed by atoms with Gasteiger partial charge in [-0.15, -0.1) is 11.3 Å². The molecule has 0 spiro atoms. The maximum atomic E-state index is 4.51. The van der Waals surface area contributed by atoms with Crippen LogP contribution in [0.4, 0.5) is 5.82 Å². The van der Waals surface area contributed by atoms with Crippen LogP contribution in [0.3, 0.4) is 0 Å². The van der Waals surface area contributed by atoms with E-state index < -0.39 is 0 Å². The Labute approximate surface area is 151 Å². The van der Waals surface area contributed by atoms with Crippen LogP contribution >= 0.6 is 11.3 Å². The molecular formula is C21H19N3S. The van der Waals surface area contributed by atoms with Crippen LogP contribution < -0.4 is 5.32 Å². The highest BCUT2D eigenvalue weighted by Gasteiger charge is 2.18. The van der Waals surface area contributed by atoms with Crippen molar-refractivity contribution in [2.75, 3.05) is 5.32 Å². The fourth-order valence-electron chi connectivity index (χ4n) is 3.01. The molecule has 0 bridgehead atoms. The first-order chi connectivity index (χ1) is 12.2. The Bertz CT molecular complexity index is 1020. The predicted molar refractivity (Wildman–Crippen MR) is 105 cm³/mol. The number of pyridine rings is 2. The van der Waals surface area contributed by atoms with E-state index >= 15 is 0 Å². The lowest BCUT2D eigenvalue weighted by Crippen LogP contribution is -2.13. The largest absolute Gasteiger partial charge is 0.358 e. The van der Waals surface area contributed by atoms with Crippen molar-refractivity contribution in [2.45, 2.75) is 19.9 Å². The van der Waals surface area contributed by atoms with Gasteiger partial charge in [-0.2, -0.15) is 0 Å². The van der Waals surface area contributed by atoms with Gasteiger partial charge < -0.3 is 5.32 Å². The SMILES string of the molecule is Cc1ccnc(NC(c2ccc3cccnc3c2)c2sccc2C)c1. The molecule has 124 valence electrons. The summed E-state index contributed by atoms with van der Waals surface area (Å²) in [5, 5.41) is 6.91. The van der Waals surface area contributed by atoms with E-state index in [1.807, 2.05) is 24.5 Å². The molecule has 25 heavy (non-hydrogen) atoms. The van der Waals surface area contributed by atoms with E-state index in [1.54, 1.807) is 11.3 Å². The Hall–Kier alpha value is -2.72. The maximum Gasteiger partial charge on any atom is 0.126 e. The average molecular weight is 345 g/mol. The Morgan fingerprint density at radius 1 is 0.960 bits per heavy atom. The summed E-state index contributed by atoms with van der Waals surface area (Å²) in [6.45, 7) is 4.24. The van der Waals surface area contributed by atoms with E-state index in [9.17, 15) is 0 Å². The van der Waals surface area contributed by atoms with Gasteiger partial charge in [0, 0.05) is 22.7 Å². The van der Waals surface area contributed by atoms with Crippen molar-refractivity contribution in [3.63, 3.8) is 0 Å². The molecule has 1 N–H and O–H groups in total. The summed E-state index contributed by atoms with van der Waals surface area (Å²) in [6.07, 6.45) is 3.69. The average Bonchev–Trinajstić information content (AvgIpc) is 3.05. The monoisotopic (exact) mass is 345 g/mol. The molecule has 3 aromatic heterocycles. The zero-order valence-corrected chi connectivity index (χ0v) is 15.0. The molecule has 0 radical (unpaired) electrons. The Morgan fingerprint density at radius 2 is 1.88 bits per heavy atom. The molecule has 0 saturated carbocycles. The number of rotatable bonds is 4. The second kappa shape index (κ2) is 6.65. The number of thiophene rings is 1. The van der Waals surface area contributed by atoms with E-state index in [4.69, 9.17) is 0 Å². The van der Waals surface area contributed by atoms with Crippen molar-refractivity contribution in [3.05, 3.63) is 87.9 Å². The van der Waals surface area contributed by atoms with Crippen LogP contribution in [0.5, 0.6) is 0 Å². The van der Waals surface area contributed by atoms with E-state index in [2.05, 4.69) is 70.9 Å². The minimum absolute atomic E-state index is 0.0562. The zero-order valence-electron chi connectivity index (χ0n) is 14.2. The highest BCUT2D eigenvalue weighted by molar-refractivity contribution is 7.10. The molecule has 4 aromatic rings. The lowest BCUT2D eigenvalue weighted by Gasteiger charge is -2.20. The summed E-state index contributed by atoms with van der Waals surface area (Å²) in [5.41, 5.74) is 4.69. The predicted octanol–water partition coefficient (Wildman–Crippen LogP) is 5.51. The standard InChI is InChI=1S/C21H19N3S/c1-14-7-10-23-19(12-14)24-20(21-15(2)8-11-25-21)17-6-5-16-4-3-9-22-18(16)13-17/h3-13,20H,1-2H3,(H,23,24). The highest BCUT2D eigenvalue weighted by Crippen LogP contribution is 2.33. The van der Waals surface area contributed by atoms with Crippen molar-refractivity contribution in [1.82, 2.24) is 9.97 Å². The second-order valence-corrected chi connectivity index (χ2v) is 7.17. The fourth-order valence-corrected chi connectivity index (χ4v) is 4.01. The van der Waals surface area contributed by atoms with Gasteiger partial charge in [-0.05, 0) is 66.2 Å². The van der Waals surface area contributed by atoms with E-state index in [0.717, 1.165) is 16.7 Å². The third-order valence-electron chi connectivity index (χ3n) is 4.33. The van der Waals surface area contributed by atoms with Crippen molar-refractivity contribution in [3.8, 4) is 0 Å². The molecule has 3 nitrogen and oxygen atoms in total. The van der Waals surface area contributed by atoms with Crippen LogP contribution in [0.25, 0.3) is 10.9 Å².